The van der Waals surface area contributed by atoms with E-state index in [0.29, 0.717) is 6.42 Å². The number of methoxy groups -OCH3 is 1. The molecule has 30 heavy (non-hydrogen) atoms. The second-order valence-corrected chi connectivity index (χ2v) is 7.32. The Labute approximate surface area is 174 Å². The standard InChI is InChI=1S/C20H29N3O7/c1-12(2)9-15(20(29)21-10-14(24)5-6-18(27)30-4)22-17(26)11-23-8-7-16(25)19(28)13(23)3/h7-8,12,15,28H,5-6,9-11H2,1-4H3,(H,21,29)(H,22,26)/t15-/m0/s1. The SMILES string of the molecule is COC(=O)CCC(=O)CNC(=O)[C@H](CC(C)C)NC(=O)Cn1ccc(=O)c(O)c1C. The molecule has 1 atom stereocenters. The van der Waals surface area contributed by atoms with Crippen LogP contribution in [0.25, 0.3) is 0 Å². The van der Waals surface area contributed by atoms with E-state index in [1.165, 1.54) is 24.8 Å². The van der Waals surface area contributed by atoms with Gasteiger partial charge in [-0.25, -0.2) is 0 Å². The molecule has 1 rings (SSSR count). The largest absolute Gasteiger partial charge is 0.503 e. The molecular weight excluding hydrogens is 394 g/mol. The van der Waals surface area contributed by atoms with E-state index in [4.69, 9.17) is 0 Å². The number of nitrogens with one attached hydrogen (secondary N) is 2. The van der Waals surface area contributed by atoms with Crippen LogP contribution in [0.1, 0.15) is 38.8 Å². The summed E-state index contributed by atoms with van der Waals surface area (Å²) in [5.74, 6) is -2.19. The molecule has 1 aromatic heterocycles. The lowest BCUT2D eigenvalue weighted by atomic mass is 10.0. The van der Waals surface area contributed by atoms with Crippen LogP contribution in [-0.4, -0.2) is 52.9 Å². The number of ether oxygens (including phenoxy) is 1. The van der Waals surface area contributed by atoms with Gasteiger partial charge in [0.15, 0.2) is 11.5 Å². The van der Waals surface area contributed by atoms with Crippen LogP contribution in [0.3, 0.4) is 0 Å². The summed E-state index contributed by atoms with van der Waals surface area (Å²) in [5, 5.41) is 14.8. The molecule has 0 unspecified atom stereocenters. The number of aromatic hydroxyl groups is 1. The summed E-state index contributed by atoms with van der Waals surface area (Å²) in [6.45, 7) is 4.82. The van der Waals surface area contributed by atoms with Crippen LogP contribution in [0.4, 0.5) is 0 Å². The maximum absolute atomic E-state index is 12.5. The highest BCUT2D eigenvalue weighted by atomic mass is 16.5. The minimum Gasteiger partial charge on any atom is -0.503 e. The van der Waals surface area contributed by atoms with Crippen molar-refractivity contribution in [2.75, 3.05) is 13.7 Å². The smallest absolute Gasteiger partial charge is 0.305 e. The first kappa shape index (κ1) is 24.9. The van der Waals surface area contributed by atoms with Gasteiger partial charge < -0.3 is 25.0 Å². The normalized spacial score (nSPS) is 11.6. The zero-order valence-corrected chi connectivity index (χ0v) is 17.7. The van der Waals surface area contributed by atoms with Gasteiger partial charge >= 0.3 is 5.97 Å². The highest BCUT2D eigenvalue weighted by Crippen LogP contribution is 2.10. The van der Waals surface area contributed by atoms with Gasteiger partial charge in [-0.2, -0.15) is 0 Å². The number of pyridine rings is 1. The second kappa shape index (κ2) is 11.7. The van der Waals surface area contributed by atoms with Crippen LogP contribution in [-0.2, 0) is 30.5 Å². The fourth-order valence-electron chi connectivity index (χ4n) is 2.67. The molecule has 10 nitrogen and oxygen atoms in total. The number of hydrogen-bond donors (Lipinski definition) is 3. The predicted molar refractivity (Wildman–Crippen MR) is 108 cm³/mol. The summed E-state index contributed by atoms with van der Waals surface area (Å²) in [6.07, 6.45) is 1.61. The van der Waals surface area contributed by atoms with Crippen molar-refractivity contribution in [3.05, 3.63) is 28.2 Å². The number of hydrogen-bond acceptors (Lipinski definition) is 7. The molecule has 0 aliphatic carbocycles. The lowest BCUT2D eigenvalue weighted by molar-refractivity contribution is -0.141. The third kappa shape index (κ3) is 8.06. The van der Waals surface area contributed by atoms with E-state index in [1.54, 1.807) is 0 Å². The zero-order chi connectivity index (χ0) is 22.8. The molecule has 3 N–H and O–H groups in total. The van der Waals surface area contributed by atoms with E-state index in [9.17, 15) is 29.1 Å². The third-order valence-corrected chi connectivity index (χ3v) is 4.38. The van der Waals surface area contributed by atoms with E-state index in [0.717, 1.165) is 6.07 Å². The van der Waals surface area contributed by atoms with Gasteiger partial charge in [0.05, 0.1) is 25.8 Å². The lowest BCUT2D eigenvalue weighted by Crippen LogP contribution is -2.49. The van der Waals surface area contributed by atoms with Gasteiger partial charge in [-0.15, -0.1) is 0 Å². The number of esters is 1. The van der Waals surface area contributed by atoms with E-state index in [-0.39, 0.29) is 43.3 Å². The Kier molecular flexibility index (Phi) is 9.73. The summed E-state index contributed by atoms with van der Waals surface area (Å²) in [7, 11) is 1.23. The lowest BCUT2D eigenvalue weighted by Gasteiger charge is -2.21. The van der Waals surface area contributed by atoms with Crippen molar-refractivity contribution in [1.82, 2.24) is 15.2 Å². The summed E-state index contributed by atoms with van der Waals surface area (Å²) >= 11 is 0. The van der Waals surface area contributed by atoms with E-state index < -0.39 is 35.0 Å². The molecule has 0 aliphatic rings. The number of Topliss-reactive ketones (excluding diaryl/α,β-unsaturated/α-hetero) is 1. The van der Waals surface area contributed by atoms with Crippen molar-refractivity contribution >= 4 is 23.6 Å². The summed E-state index contributed by atoms with van der Waals surface area (Å²) < 4.78 is 5.86. The molecule has 0 radical (unpaired) electrons. The van der Waals surface area contributed by atoms with Gasteiger partial charge in [0.25, 0.3) is 0 Å². The average molecular weight is 423 g/mol. The molecule has 0 aromatic carbocycles. The first-order chi connectivity index (χ1) is 14.0. The Morgan fingerprint density at radius 2 is 1.87 bits per heavy atom. The number of carbonyl (C=O) groups is 4. The van der Waals surface area contributed by atoms with Crippen LogP contribution >= 0.6 is 0 Å². The summed E-state index contributed by atoms with van der Waals surface area (Å²) in [5.41, 5.74) is -0.309. The fourth-order valence-corrected chi connectivity index (χ4v) is 2.67. The van der Waals surface area contributed by atoms with E-state index in [2.05, 4.69) is 15.4 Å². The Morgan fingerprint density at radius 3 is 2.47 bits per heavy atom. The zero-order valence-electron chi connectivity index (χ0n) is 17.7. The van der Waals surface area contributed by atoms with Crippen molar-refractivity contribution in [3.8, 4) is 5.75 Å². The van der Waals surface area contributed by atoms with Crippen molar-refractivity contribution in [3.63, 3.8) is 0 Å². The van der Waals surface area contributed by atoms with Crippen LogP contribution in [0.2, 0.25) is 0 Å². The van der Waals surface area contributed by atoms with Crippen LogP contribution in [0.15, 0.2) is 17.1 Å². The second-order valence-electron chi connectivity index (χ2n) is 7.32. The van der Waals surface area contributed by atoms with Crippen molar-refractivity contribution < 1.29 is 29.0 Å². The molecule has 0 spiro atoms. The summed E-state index contributed by atoms with van der Waals surface area (Å²) in [6, 6.07) is 0.285. The van der Waals surface area contributed by atoms with Gasteiger partial charge in [0.2, 0.25) is 17.2 Å². The maximum Gasteiger partial charge on any atom is 0.305 e. The molecule has 2 amide bonds. The Balaban J connectivity index is 2.70. The quantitative estimate of drug-likeness (QED) is 0.426. The monoisotopic (exact) mass is 423 g/mol. The van der Waals surface area contributed by atoms with Crippen molar-refractivity contribution in [2.45, 2.75) is 52.6 Å². The molecule has 0 saturated heterocycles. The van der Waals surface area contributed by atoms with Gasteiger partial charge in [-0.05, 0) is 19.3 Å². The Hall–Kier alpha value is -3.17. The summed E-state index contributed by atoms with van der Waals surface area (Å²) in [4.78, 5) is 59.2. The van der Waals surface area contributed by atoms with Gasteiger partial charge in [-0.1, -0.05) is 13.8 Å². The molecule has 1 aromatic rings. The van der Waals surface area contributed by atoms with Crippen LogP contribution in [0, 0.1) is 12.8 Å². The third-order valence-electron chi connectivity index (χ3n) is 4.38. The maximum atomic E-state index is 12.5. The average Bonchev–Trinajstić information content (AvgIpc) is 2.69. The highest BCUT2D eigenvalue weighted by molar-refractivity contribution is 5.91. The molecule has 0 saturated carbocycles. The van der Waals surface area contributed by atoms with Crippen LogP contribution in [0.5, 0.6) is 5.75 Å². The molecular formula is C20H29N3O7. The van der Waals surface area contributed by atoms with Crippen molar-refractivity contribution in [2.24, 2.45) is 5.92 Å². The first-order valence-electron chi connectivity index (χ1n) is 9.59. The highest BCUT2D eigenvalue weighted by Gasteiger charge is 2.23. The number of carbonyl (C=O) groups excluding carboxylic acids is 4. The molecule has 0 bridgehead atoms. The van der Waals surface area contributed by atoms with Crippen molar-refractivity contribution in [1.29, 1.82) is 0 Å². The molecule has 0 fully saturated rings. The van der Waals surface area contributed by atoms with Gasteiger partial charge in [0.1, 0.15) is 12.6 Å². The topological polar surface area (TPSA) is 144 Å². The fraction of sp³-hybridized carbons (Fsp3) is 0.550. The number of amides is 2. The first-order valence-corrected chi connectivity index (χ1v) is 9.59. The molecule has 166 valence electrons. The molecule has 0 aliphatic heterocycles. The van der Waals surface area contributed by atoms with E-state index >= 15 is 0 Å². The molecule has 1 heterocycles. The number of ketones is 1. The predicted octanol–water partition coefficient (Wildman–Crippen LogP) is 0.0317. The van der Waals surface area contributed by atoms with Crippen LogP contribution < -0.4 is 16.1 Å². The number of rotatable bonds is 11. The minimum atomic E-state index is -0.862. The molecule has 10 heteroatoms. The number of nitrogens with zero attached hydrogens (tertiary/aromatic N) is 1. The number of aromatic nitrogens is 1. The Morgan fingerprint density at radius 1 is 1.20 bits per heavy atom. The van der Waals surface area contributed by atoms with E-state index in [1.807, 2.05) is 13.8 Å². The Bertz CT molecular complexity index is 845. The minimum absolute atomic E-state index is 0.0523. The van der Waals surface area contributed by atoms with Gasteiger partial charge in [-0.3, -0.25) is 24.0 Å². The van der Waals surface area contributed by atoms with Gasteiger partial charge in [0, 0.05) is 18.7 Å².